The van der Waals surface area contributed by atoms with Gasteiger partial charge < -0.3 is 10.6 Å². The SMILES string of the molecule is CC(C)[C@H](NC(=O)NC1CCC12CCCC2)C(F)(F)F. The smallest absolute Gasteiger partial charge is 0.335 e. The Morgan fingerprint density at radius 1 is 1.20 bits per heavy atom. The molecule has 2 saturated carbocycles. The third-order valence-electron chi connectivity index (χ3n) is 4.88. The number of alkyl halides is 3. The van der Waals surface area contributed by atoms with Crippen molar-refractivity contribution >= 4 is 6.03 Å². The maximum atomic E-state index is 12.8. The molecule has 0 aromatic carbocycles. The average Bonchev–Trinajstić information content (AvgIpc) is 2.81. The summed E-state index contributed by atoms with van der Waals surface area (Å²) in [5, 5.41) is 4.84. The molecule has 0 heterocycles. The maximum absolute atomic E-state index is 12.8. The normalized spacial score (nSPS) is 26.4. The van der Waals surface area contributed by atoms with Gasteiger partial charge in [-0.1, -0.05) is 26.7 Å². The molecule has 1 spiro atoms. The van der Waals surface area contributed by atoms with Gasteiger partial charge in [0.05, 0.1) is 0 Å². The van der Waals surface area contributed by atoms with Crippen molar-refractivity contribution in [2.45, 2.75) is 70.6 Å². The van der Waals surface area contributed by atoms with Crippen LogP contribution in [0.4, 0.5) is 18.0 Å². The Balaban J connectivity index is 1.89. The predicted octanol–water partition coefficient (Wildman–Crippen LogP) is 3.60. The van der Waals surface area contributed by atoms with Crippen molar-refractivity contribution in [3.8, 4) is 0 Å². The summed E-state index contributed by atoms with van der Waals surface area (Å²) in [5.74, 6) is -0.678. The highest BCUT2D eigenvalue weighted by Crippen LogP contribution is 2.53. The second-order valence-corrected chi connectivity index (χ2v) is 6.54. The van der Waals surface area contributed by atoms with Gasteiger partial charge in [0.1, 0.15) is 6.04 Å². The van der Waals surface area contributed by atoms with Crippen molar-refractivity contribution in [1.29, 1.82) is 0 Å². The molecule has 2 fully saturated rings. The van der Waals surface area contributed by atoms with Crippen molar-refractivity contribution in [3.05, 3.63) is 0 Å². The third-order valence-corrected chi connectivity index (χ3v) is 4.88. The van der Waals surface area contributed by atoms with Crippen LogP contribution in [0.3, 0.4) is 0 Å². The highest BCUT2D eigenvalue weighted by molar-refractivity contribution is 5.75. The first kappa shape index (κ1) is 15.4. The minimum Gasteiger partial charge on any atom is -0.335 e. The van der Waals surface area contributed by atoms with Gasteiger partial charge in [-0.15, -0.1) is 0 Å². The molecule has 2 aliphatic rings. The van der Waals surface area contributed by atoms with Crippen LogP contribution in [-0.2, 0) is 0 Å². The summed E-state index contributed by atoms with van der Waals surface area (Å²) in [5.41, 5.74) is 0.170. The fourth-order valence-electron chi connectivity index (χ4n) is 3.57. The zero-order valence-electron chi connectivity index (χ0n) is 12.0. The Labute approximate surface area is 117 Å². The van der Waals surface area contributed by atoms with E-state index < -0.39 is 24.2 Å². The van der Waals surface area contributed by atoms with Gasteiger partial charge in [0.2, 0.25) is 0 Å². The Morgan fingerprint density at radius 2 is 1.80 bits per heavy atom. The van der Waals surface area contributed by atoms with Crippen LogP contribution in [0, 0.1) is 11.3 Å². The van der Waals surface area contributed by atoms with Crippen LogP contribution in [-0.4, -0.2) is 24.3 Å². The monoisotopic (exact) mass is 292 g/mol. The van der Waals surface area contributed by atoms with Gasteiger partial charge in [-0.2, -0.15) is 13.2 Å². The van der Waals surface area contributed by atoms with E-state index in [1.54, 1.807) is 0 Å². The zero-order valence-corrected chi connectivity index (χ0v) is 12.0. The molecule has 0 aliphatic heterocycles. The van der Waals surface area contributed by atoms with E-state index >= 15 is 0 Å². The van der Waals surface area contributed by atoms with Crippen LogP contribution in [0.25, 0.3) is 0 Å². The summed E-state index contributed by atoms with van der Waals surface area (Å²) in [4.78, 5) is 11.8. The standard InChI is InChI=1S/C14H23F3N2O/c1-9(2)11(14(15,16)17)19-12(20)18-10-5-8-13(10)6-3-4-7-13/h9-11H,3-8H2,1-2H3,(H2,18,19,20)/t10?,11-/m0/s1. The first-order chi connectivity index (χ1) is 9.24. The topological polar surface area (TPSA) is 41.1 Å². The highest BCUT2D eigenvalue weighted by atomic mass is 19.4. The van der Waals surface area contributed by atoms with Crippen LogP contribution in [0.2, 0.25) is 0 Å². The lowest BCUT2D eigenvalue weighted by atomic mass is 9.63. The van der Waals surface area contributed by atoms with Gasteiger partial charge in [-0.05, 0) is 37.0 Å². The quantitative estimate of drug-likeness (QED) is 0.820. The van der Waals surface area contributed by atoms with Crippen molar-refractivity contribution in [2.24, 2.45) is 11.3 Å². The number of carbonyl (C=O) groups is 1. The van der Waals surface area contributed by atoms with E-state index in [0.717, 1.165) is 38.5 Å². The minimum absolute atomic E-state index is 0.0473. The van der Waals surface area contributed by atoms with Gasteiger partial charge in [0, 0.05) is 6.04 Å². The van der Waals surface area contributed by atoms with Crippen LogP contribution < -0.4 is 10.6 Å². The van der Waals surface area contributed by atoms with E-state index in [-0.39, 0.29) is 11.5 Å². The molecular formula is C14H23F3N2O. The highest BCUT2D eigenvalue weighted by Gasteiger charge is 2.49. The lowest BCUT2D eigenvalue weighted by Gasteiger charge is -2.47. The fraction of sp³-hybridized carbons (Fsp3) is 0.929. The molecule has 0 aromatic rings. The predicted molar refractivity (Wildman–Crippen MR) is 70.3 cm³/mol. The number of hydrogen-bond acceptors (Lipinski definition) is 1. The van der Waals surface area contributed by atoms with Crippen LogP contribution in [0.1, 0.15) is 52.4 Å². The Bertz CT molecular complexity index is 362. The number of halogens is 3. The Kier molecular flexibility index (Phi) is 4.21. The Morgan fingerprint density at radius 3 is 2.20 bits per heavy atom. The summed E-state index contributed by atoms with van der Waals surface area (Å²) in [6.45, 7) is 2.92. The van der Waals surface area contributed by atoms with Crippen molar-refractivity contribution in [3.63, 3.8) is 0 Å². The molecular weight excluding hydrogens is 269 g/mol. The lowest BCUT2D eigenvalue weighted by Crippen LogP contribution is -2.59. The van der Waals surface area contributed by atoms with E-state index in [2.05, 4.69) is 10.6 Å². The van der Waals surface area contributed by atoms with Gasteiger partial charge in [0.25, 0.3) is 0 Å². The molecule has 0 bridgehead atoms. The molecule has 2 N–H and O–H groups in total. The van der Waals surface area contributed by atoms with Crippen LogP contribution in [0.15, 0.2) is 0 Å². The second kappa shape index (κ2) is 5.45. The van der Waals surface area contributed by atoms with E-state index in [0.29, 0.717) is 0 Å². The van der Waals surface area contributed by atoms with Gasteiger partial charge in [-0.3, -0.25) is 0 Å². The third kappa shape index (κ3) is 3.04. The summed E-state index contributed by atoms with van der Waals surface area (Å²) < 4.78 is 38.4. The molecule has 20 heavy (non-hydrogen) atoms. The summed E-state index contributed by atoms with van der Waals surface area (Å²) in [6.07, 6.45) is 2.07. The Hall–Kier alpha value is -0.940. The van der Waals surface area contributed by atoms with Crippen LogP contribution >= 0.6 is 0 Å². The molecule has 1 unspecified atom stereocenters. The number of hydrogen-bond donors (Lipinski definition) is 2. The molecule has 6 heteroatoms. The van der Waals surface area contributed by atoms with Gasteiger partial charge in [-0.25, -0.2) is 4.79 Å². The molecule has 2 amide bonds. The second-order valence-electron chi connectivity index (χ2n) is 6.54. The first-order valence-electron chi connectivity index (χ1n) is 7.38. The van der Waals surface area contributed by atoms with Crippen molar-refractivity contribution < 1.29 is 18.0 Å². The largest absolute Gasteiger partial charge is 0.408 e. The number of amides is 2. The number of urea groups is 1. The minimum atomic E-state index is -4.41. The van der Waals surface area contributed by atoms with E-state index in [1.165, 1.54) is 13.8 Å². The molecule has 0 aromatic heterocycles. The molecule has 116 valence electrons. The van der Waals surface area contributed by atoms with E-state index in [9.17, 15) is 18.0 Å². The molecule has 2 atom stereocenters. The molecule has 3 nitrogen and oxygen atoms in total. The molecule has 2 rings (SSSR count). The fourth-order valence-corrected chi connectivity index (χ4v) is 3.57. The summed E-state index contributed by atoms with van der Waals surface area (Å²) >= 11 is 0. The first-order valence-corrected chi connectivity index (χ1v) is 7.38. The van der Waals surface area contributed by atoms with Crippen LogP contribution in [0.5, 0.6) is 0 Å². The number of carbonyl (C=O) groups excluding carboxylic acids is 1. The average molecular weight is 292 g/mol. The molecule has 0 saturated heterocycles. The zero-order chi connectivity index (χ0) is 15.0. The van der Waals surface area contributed by atoms with Gasteiger partial charge >= 0.3 is 12.2 Å². The van der Waals surface area contributed by atoms with Crippen molar-refractivity contribution in [2.75, 3.05) is 0 Å². The number of rotatable bonds is 3. The number of nitrogens with one attached hydrogen (secondary N) is 2. The van der Waals surface area contributed by atoms with Crippen molar-refractivity contribution in [1.82, 2.24) is 10.6 Å². The molecule has 2 aliphatic carbocycles. The molecule has 0 radical (unpaired) electrons. The lowest BCUT2D eigenvalue weighted by molar-refractivity contribution is -0.162. The van der Waals surface area contributed by atoms with Gasteiger partial charge in [0.15, 0.2) is 0 Å². The summed E-state index contributed by atoms with van der Waals surface area (Å²) in [7, 11) is 0. The maximum Gasteiger partial charge on any atom is 0.408 e. The van der Waals surface area contributed by atoms with E-state index in [4.69, 9.17) is 0 Å². The summed E-state index contributed by atoms with van der Waals surface area (Å²) in [6, 6.07) is -2.43. The van der Waals surface area contributed by atoms with E-state index in [1.807, 2.05) is 0 Å².